The first kappa shape index (κ1) is 14.3. The van der Waals surface area contributed by atoms with E-state index < -0.39 is 16.0 Å². The van der Waals surface area contributed by atoms with Crippen LogP contribution in [0.4, 0.5) is 5.82 Å². The summed E-state index contributed by atoms with van der Waals surface area (Å²) in [4.78, 5) is 18.3. The van der Waals surface area contributed by atoms with Gasteiger partial charge in [0.1, 0.15) is 0 Å². The molecule has 0 saturated carbocycles. The summed E-state index contributed by atoms with van der Waals surface area (Å²) in [5.41, 5.74) is -0.159. The van der Waals surface area contributed by atoms with E-state index in [1.54, 1.807) is 0 Å². The molecule has 1 rings (SSSR count). The summed E-state index contributed by atoms with van der Waals surface area (Å²) in [6, 6.07) is 0. The molecule has 3 N–H and O–H groups in total. The molecule has 0 bridgehead atoms. The Morgan fingerprint density at radius 3 is 2.61 bits per heavy atom. The molecule has 9 heteroatoms. The van der Waals surface area contributed by atoms with Crippen LogP contribution in [0, 0.1) is 0 Å². The smallest absolute Gasteiger partial charge is 0.358 e. The zero-order chi connectivity index (χ0) is 13.6. The Balaban J connectivity index is 2.42. The second-order valence-electron chi connectivity index (χ2n) is 3.51. The number of carboxylic acid groups (broad SMARTS) is 1. The quantitative estimate of drug-likeness (QED) is 0.574. The molecule has 0 fully saturated rings. The van der Waals surface area contributed by atoms with Crippen molar-refractivity contribution < 1.29 is 18.3 Å². The molecule has 0 atom stereocenters. The van der Waals surface area contributed by atoms with E-state index in [2.05, 4.69) is 20.0 Å². The van der Waals surface area contributed by atoms with Crippen molar-refractivity contribution >= 4 is 21.8 Å². The first-order chi connectivity index (χ1) is 8.40. The van der Waals surface area contributed by atoms with E-state index in [0.717, 1.165) is 6.26 Å². The largest absolute Gasteiger partial charge is 0.476 e. The number of rotatable bonds is 7. The predicted octanol–water partition coefficient (Wildman–Crippen LogP) is -0.474. The van der Waals surface area contributed by atoms with E-state index in [0.29, 0.717) is 13.0 Å². The number of sulfonamides is 1. The molecule has 0 spiro atoms. The maximum atomic E-state index is 10.8. The lowest BCUT2D eigenvalue weighted by atomic mass is 10.3. The molecule has 0 radical (unpaired) electrons. The van der Waals surface area contributed by atoms with Crippen molar-refractivity contribution in [1.82, 2.24) is 14.7 Å². The number of hydrogen-bond donors (Lipinski definition) is 3. The minimum atomic E-state index is -3.19. The molecule has 1 aromatic heterocycles. The number of aromatic carboxylic acids is 1. The molecular weight excluding hydrogens is 260 g/mol. The van der Waals surface area contributed by atoms with Gasteiger partial charge in [-0.25, -0.2) is 27.9 Å². The summed E-state index contributed by atoms with van der Waals surface area (Å²) < 4.78 is 23.9. The molecule has 0 aliphatic heterocycles. The van der Waals surface area contributed by atoms with Crippen LogP contribution >= 0.6 is 0 Å². The van der Waals surface area contributed by atoms with Gasteiger partial charge in [0.2, 0.25) is 10.0 Å². The third kappa shape index (κ3) is 5.06. The van der Waals surface area contributed by atoms with Gasteiger partial charge in [0.15, 0.2) is 11.5 Å². The highest BCUT2D eigenvalue weighted by Gasteiger charge is 2.11. The standard InChI is InChI=1S/C9H14N4O4S/c1-18(16,17)13-4-2-3-11-8-7(9(14)15)10-5-6-12-8/h5-6,13H,2-4H2,1H3,(H,11,12)(H,14,15). The Labute approximate surface area is 105 Å². The van der Waals surface area contributed by atoms with Crippen molar-refractivity contribution in [1.29, 1.82) is 0 Å². The van der Waals surface area contributed by atoms with Crippen molar-refractivity contribution in [3.8, 4) is 0 Å². The van der Waals surface area contributed by atoms with Gasteiger partial charge < -0.3 is 10.4 Å². The lowest BCUT2D eigenvalue weighted by molar-refractivity contribution is 0.0691. The monoisotopic (exact) mass is 274 g/mol. The Bertz CT molecular complexity index is 517. The van der Waals surface area contributed by atoms with Gasteiger partial charge >= 0.3 is 5.97 Å². The number of hydrogen-bond acceptors (Lipinski definition) is 6. The first-order valence-electron chi connectivity index (χ1n) is 5.13. The average molecular weight is 274 g/mol. The third-order valence-corrected chi connectivity index (χ3v) is 2.64. The molecule has 0 amide bonds. The number of anilines is 1. The normalized spacial score (nSPS) is 11.2. The van der Waals surface area contributed by atoms with Crippen LogP contribution in [0.2, 0.25) is 0 Å². The number of carboxylic acids is 1. The van der Waals surface area contributed by atoms with E-state index in [9.17, 15) is 13.2 Å². The maximum absolute atomic E-state index is 10.8. The number of carbonyl (C=O) groups is 1. The summed E-state index contributed by atoms with van der Waals surface area (Å²) in [5, 5.41) is 11.6. The summed E-state index contributed by atoms with van der Waals surface area (Å²) in [6.07, 6.45) is 4.25. The van der Waals surface area contributed by atoms with E-state index >= 15 is 0 Å². The minimum Gasteiger partial charge on any atom is -0.476 e. The Morgan fingerprint density at radius 1 is 1.33 bits per heavy atom. The van der Waals surface area contributed by atoms with Gasteiger partial charge in [-0.3, -0.25) is 0 Å². The Hall–Kier alpha value is -1.74. The number of nitrogens with one attached hydrogen (secondary N) is 2. The summed E-state index contributed by atoms with van der Waals surface area (Å²) in [5.74, 6) is -0.996. The second-order valence-corrected chi connectivity index (χ2v) is 5.34. The Morgan fingerprint density at radius 2 is 2.00 bits per heavy atom. The van der Waals surface area contributed by atoms with Crippen LogP contribution in [0.3, 0.4) is 0 Å². The van der Waals surface area contributed by atoms with Gasteiger partial charge in [-0.1, -0.05) is 0 Å². The zero-order valence-corrected chi connectivity index (χ0v) is 10.6. The summed E-state index contributed by atoms with van der Waals surface area (Å²) >= 11 is 0. The number of nitrogens with zero attached hydrogens (tertiary/aromatic N) is 2. The van der Waals surface area contributed by atoms with Crippen LogP contribution in [0.1, 0.15) is 16.9 Å². The fourth-order valence-electron chi connectivity index (χ4n) is 1.18. The maximum Gasteiger partial charge on any atom is 0.358 e. The van der Waals surface area contributed by atoms with Gasteiger partial charge in [-0.15, -0.1) is 0 Å². The molecule has 1 heterocycles. The van der Waals surface area contributed by atoms with E-state index in [4.69, 9.17) is 5.11 Å². The lowest BCUT2D eigenvalue weighted by Crippen LogP contribution is -2.24. The minimum absolute atomic E-state index is 0.159. The van der Waals surface area contributed by atoms with Crippen LogP contribution < -0.4 is 10.0 Å². The van der Waals surface area contributed by atoms with E-state index in [-0.39, 0.29) is 18.1 Å². The second kappa shape index (κ2) is 6.26. The highest BCUT2D eigenvalue weighted by Crippen LogP contribution is 2.07. The molecule has 100 valence electrons. The molecular formula is C9H14N4O4S. The Kier molecular flexibility index (Phi) is 4.98. The third-order valence-electron chi connectivity index (χ3n) is 1.91. The van der Waals surface area contributed by atoms with Crippen molar-refractivity contribution in [2.45, 2.75) is 6.42 Å². The average Bonchev–Trinajstić information content (AvgIpc) is 2.27. The molecule has 1 aromatic rings. The van der Waals surface area contributed by atoms with Crippen molar-refractivity contribution in [3.63, 3.8) is 0 Å². The predicted molar refractivity (Wildman–Crippen MR) is 64.9 cm³/mol. The van der Waals surface area contributed by atoms with Crippen LogP contribution in [0.25, 0.3) is 0 Å². The van der Waals surface area contributed by atoms with Gasteiger partial charge in [-0.05, 0) is 6.42 Å². The van der Waals surface area contributed by atoms with Crippen molar-refractivity contribution in [3.05, 3.63) is 18.1 Å². The number of aromatic nitrogens is 2. The molecule has 0 aromatic carbocycles. The molecule has 0 aliphatic carbocycles. The topological polar surface area (TPSA) is 121 Å². The van der Waals surface area contributed by atoms with Gasteiger partial charge in [0, 0.05) is 25.5 Å². The van der Waals surface area contributed by atoms with Crippen LogP contribution in [0.5, 0.6) is 0 Å². The molecule has 8 nitrogen and oxygen atoms in total. The van der Waals surface area contributed by atoms with Crippen LogP contribution in [-0.2, 0) is 10.0 Å². The molecule has 0 aliphatic rings. The lowest BCUT2D eigenvalue weighted by Gasteiger charge is -2.07. The molecule has 0 unspecified atom stereocenters. The van der Waals surface area contributed by atoms with Crippen LogP contribution in [0.15, 0.2) is 12.4 Å². The van der Waals surface area contributed by atoms with Gasteiger partial charge in [-0.2, -0.15) is 0 Å². The fraction of sp³-hybridized carbons (Fsp3) is 0.444. The molecule has 0 saturated heterocycles. The highest BCUT2D eigenvalue weighted by molar-refractivity contribution is 7.88. The SMILES string of the molecule is CS(=O)(=O)NCCCNc1nccnc1C(=O)O. The van der Waals surface area contributed by atoms with E-state index in [1.165, 1.54) is 12.4 Å². The van der Waals surface area contributed by atoms with Crippen molar-refractivity contribution in [2.24, 2.45) is 0 Å². The molecule has 18 heavy (non-hydrogen) atoms. The van der Waals surface area contributed by atoms with E-state index in [1.807, 2.05) is 0 Å². The summed E-state index contributed by atoms with van der Waals surface area (Å²) in [7, 11) is -3.19. The van der Waals surface area contributed by atoms with Gasteiger partial charge in [0.05, 0.1) is 6.26 Å². The summed E-state index contributed by atoms with van der Waals surface area (Å²) in [6.45, 7) is 0.663. The highest BCUT2D eigenvalue weighted by atomic mass is 32.2. The first-order valence-corrected chi connectivity index (χ1v) is 7.02. The van der Waals surface area contributed by atoms with Gasteiger partial charge in [0.25, 0.3) is 0 Å². The zero-order valence-electron chi connectivity index (χ0n) is 9.75. The van der Waals surface area contributed by atoms with Crippen molar-refractivity contribution in [2.75, 3.05) is 24.7 Å². The van der Waals surface area contributed by atoms with Crippen LogP contribution in [-0.4, -0.2) is 48.8 Å². The fourth-order valence-corrected chi connectivity index (χ4v) is 1.69.